The Labute approximate surface area is 122 Å². The van der Waals surface area contributed by atoms with Crippen molar-refractivity contribution in [2.75, 3.05) is 0 Å². The van der Waals surface area contributed by atoms with E-state index in [9.17, 15) is 4.79 Å². The van der Waals surface area contributed by atoms with E-state index in [1.807, 2.05) is 55.5 Å². The number of hydrogen-bond donors (Lipinski definition) is 1. The summed E-state index contributed by atoms with van der Waals surface area (Å²) in [6.45, 7) is 2.47. The molecule has 2 N–H and O–H groups in total. The first-order chi connectivity index (χ1) is 10.2. The Kier molecular flexibility index (Phi) is 3.54. The first-order valence-electron chi connectivity index (χ1n) is 6.92. The Hall–Kier alpha value is -2.46. The van der Waals surface area contributed by atoms with Crippen molar-refractivity contribution < 1.29 is 0 Å². The molecular weight excluding hydrogens is 262 g/mol. The summed E-state index contributed by atoms with van der Waals surface area (Å²) in [6.07, 6.45) is 1.35. The molecule has 1 atom stereocenters. The van der Waals surface area contributed by atoms with Crippen LogP contribution in [0.15, 0.2) is 59.5 Å². The minimum Gasteiger partial charge on any atom is -0.322 e. The number of benzene rings is 2. The Morgan fingerprint density at radius 2 is 1.86 bits per heavy atom. The quantitative estimate of drug-likeness (QED) is 0.801. The van der Waals surface area contributed by atoms with Gasteiger partial charge in [-0.05, 0) is 30.2 Å². The van der Waals surface area contributed by atoms with Crippen molar-refractivity contribution in [1.82, 2.24) is 9.55 Å². The lowest BCUT2D eigenvalue weighted by atomic mass is 10.0. The zero-order valence-corrected chi connectivity index (χ0v) is 11.9. The van der Waals surface area contributed by atoms with Crippen LogP contribution >= 0.6 is 0 Å². The first kappa shape index (κ1) is 13.5. The topological polar surface area (TPSA) is 60.9 Å². The lowest BCUT2D eigenvalue weighted by molar-refractivity contribution is 0.573. The van der Waals surface area contributed by atoms with Gasteiger partial charge in [-0.1, -0.05) is 36.4 Å². The predicted octanol–water partition coefficient (Wildman–Crippen LogP) is 2.40. The van der Waals surface area contributed by atoms with Crippen LogP contribution in [0.2, 0.25) is 0 Å². The summed E-state index contributed by atoms with van der Waals surface area (Å²) in [5.74, 6) is 0. The van der Waals surface area contributed by atoms with Gasteiger partial charge in [0, 0.05) is 12.6 Å². The molecule has 0 bridgehead atoms. The summed E-state index contributed by atoms with van der Waals surface area (Å²) in [4.78, 5) is 16.3. The van der Waals surface area contributed by atoms with Crippen molar-refractivity contribution in [3.8, 4) is 0 Å². The molecule has 0 saturated heterocycles. The average Bonchev–Trinajstić information content (AvgIpc) is 2.50. The van der Waals surface area contributed by atoms with Gasteiger partial charge >= 0.3 is 0 Å². The maximum Gasteiger partial charge on any atom is 0.269 e. The Morgan fingerprint density at radius 1 is 1.14 bits per heavy atom. The van der Waals surface area contributed by atoms with E-state index in [4.69, 9.17) is 5.73 Å². The summed E-state index contributed by atoms with van der Waals surface area (Å²) < 4.78 is 1.69. The molecule has 4 heteroatoms. The van der Waals surface area contributed by atoms with Gasteiger partial charge in [-0.15, -0.1) is 0 Å². The maximum atomic E-state index is 12.1. The van der Waals surface area contributed by atoms with Crippen LogP contribution < -0.4 is 11.3 Å². The highest BCUT2D eigenvalue weighted by atomic mass is 16.1. The first-order valence-corrected chi connectivity index (χ1v) is 6.92. The van der Waals surface area contributed by atoms with Gasteiger partial charge in [-0.2, -0.15) is 0 Å². The third-order valence-electron chi connectivity index (χ3n) is 3.72. The maximum absolute atomic E-state index is 12.1. The summed E-state index contributed by atoms with van der Waals surface area (Å²) in [5, 5.41) is 0. The van der Waals surface area contributed by atoms with Crippen LogP contribution in [0.3, 0.4) is 0 Å². The van der Waals surface area contributed by atoms with Crippen LogP contribution in [0.5, 0.6) is 0 Å². The average molecular weight is 279 g/mol. The summed E-state index contributed by atoms with van der Waals surface area (Å²) in [6, 6.07) is 15.4. The summed E-state index contributed by atoms with van der Waals surface area (Å²) in [5.41, 5.74) is 9.99. The largest absolute Gasteiger partial charge is 0.322 e. The van der Waals surface area contributed by atoms with Gasteiger partial charge in [0.05, 0.1) is 17.2 Å². The van der Waals surface area contributed by atoms with Gasteiger partial charge in [-0.3, -0.25) is 4.79 Å². The molecule has 106 valence electrons. The molecular formula is C17H17N3O. The molecule has 21 heavy (non-hydrogen) atoms. The van der Waals surface area contributed by atoms with E-state index in [1.54, 1.807) is 4.57 Å². The van der Waals surface area contributed by atoms with Gasteiger partial charge in [0.25, 0.3) is 5.56 Å². The lowest BCUT2D eigenvalue weighted by Crippen LogP contribution is -2.27. The molecule has 4 nitrogen and oxygen atoms in total. The molecule has 1 heterocycles. The van der Waals surface area contributed by atoms with E-state index in [2.05, 4.69) is 4.98 Å². The van der Waals surface area contributed by atoms with Crippen molar-refractivity contribution in [2.45, 2.75) is 19.5 Å². The van der Waals surface area contributed by atoms with Crippen molar-refractivity contribution in [1.29, 1.82) is 0 Å². The van der Waals surface area contributed by atoms with Crippen LogP contribution in [0, 0.1) is 6.92 Å². The third kappa shape index (κ3) is 2.58. The molecule has 0 saturated carbocycles. The predicted molar refractivity (Wildman–Crippen MR) is 84.1 cm³/mol. The number of aromatic nitrogens is 2. The van der Waals surface area contributed by atoms with Gasteiger partial charge in [0.15, 0.2) is 0 Å². The van der Waals surface area contributed by atoms with Crippen LogP contribution in [-0.2, 0) is 6.54 Å². The fourth-order valence-electron chi connectivity index (χ4n) is 2.60. The molecule has 0 radical (unpaired) electrons. The molecule has 0 aliphatic rings. The molecule has 0 aliphatic carbocycles. The van der Waals surface area contributed by atoms with Crippen molar-refractivity contribution in [2.24, 2.45) is 5.73 Å². The van der Waals surface area contributed by atoms with Gasteiger partial charge in [0.1, 0.15) is 0 Å². The molecule has 2 aromatic carbocycles. The van der Waals surface area contributed by atoms with Crippen LogP contribution in [-0.4, -0.2) is 9.55 Å². The highest BCUT2D eigenvalue weighted by Crippen LogP contribution is 2.18. The van der Waals surface area contributed by atoms with Crippen LogP contribution in [0.1, 0.15) is 17.2 Å². The number of fused-ring (bicyclic) bond motifs is 1. The summed E-state index contributed by atoms with van der Waals surface area (Å²) >= 11 is 0. The third-order valence-corrected chi connectivity index (χ3v) is 3.72. The monoisotopic (exact) mass is 279 g/mol. The second kappa shape index (κ2) is 5.50. The van der Waals surface area contributed by atoms with E-state index < -0.39 is 0 Å². The second-order valence-electron chi connectivity index (χ2n) is 5.16. The van der Waals surface area contributed by atoms with E-state index in [1.165, 1.54) is 6.20 Å². The number of nitrogens with zero attached hydrogens (tertiary/aromatic N) is 2. The molecule has 1 unspecified atom stereocenters. The van der Waals surface area contributed by atoms with Gasteiger partial charge < -0.3 is 10.3 Å². The SMILES string of the molecule is Cc1ccccc1C(N)Cn1c(=O)cnc2ccccc21. The molecule has 0 fully saturated rings. The standard InChI is InChI=1S/C17H17N3O/c1-12-6-2-3-7-13(12)14(18)11-20-16-9-5-4-8-15(16)19-10-17(20)21/h2-10,14H,11,18H2,1H3. The second-order valence-corrected chi connectivity index (χ2v) is 5.16. The van der Waals surface area contributed by atoms with Crippen molar-refractivity contribution >= 4 is 11.0 Å². The zero-order chi connectivity index (χ0) is 14.8. The highest BCUT2D eigenvalue weighted by Gasteiger charge is 2.12. The normalized spacial score (nSPS) is 12.5. The minimum absolute atomic E-state index is 0.127. The molecule has 3 rings (SSSR count). The van der Waals surface area contributed by atoms with E-state index in [0.717, 1.165) is 22.2 Å². The Bertz CT molecular complexity index is 839. The summed E-state index contributed by atoms with van der Waals surface area (Å²) in [7, 11) is 0. The molecule has 0 spiro atoms. The number of nitrogens with two attached hydrogens (primary N) is 1. The zero-order valence-electron chi connectivity index (χ0n) is 11.9. The van der Waals surface area contributed by atoms with Crippen molar-refractivity contribution in [3.63, 3.8) is 0 Å². The number of para-hydroxylation sites is 2. The van der Waals surface area contributed by atoms with Gasteiger partial charge in [0.2, 0.25) is 0 Å². The Balaban J connectivity index is 2.04. The smallest absolute Gasteiger partial charge is 0.269 e. The minimum atomic E-state index is -0.227. The van der Waals surface area contributed by atoms with E-state index in [0.29, 0.717) is 6.54 Å². The van der Waals surface area contributed by atoms with E-state index >= 15 is 0 Å². The fraction of sp³-hybridized carbons (Fsp3) is 0.176. The molecule has 0 aliphatic heterocycles. The van der Waals surface area contributed by atoms with Crippen molar-refractivity contribution in [3.05, 3.63) is 76.2 Å². The number of hydrogen-bond acceptors (Lipinski definition) is 3. The fourth-order valence-corrected chi connectivity index (χ4v) is 2.60. The molecule has 1 aromatic heterocycles. The highest BCUT2D eigenvalue weighted by molar-refractivity contribution is 5.74. The lowest BCUT2D eigenvalue weighted by Gasteiger charge is -2.17. The molecule has 3 aromatic rings. The van der Waals surface area contributed by atoms with Crippen LogP contribution in [0.4, 0.5) is 0 Å². The number of rotatable bonds is 3. The van der Waals surface area contributed by atoms with Gasteiger partial charge in [-0.25, -0.2) is 4.98 Å². The number of aryl methyl sites for hydroxylation is 1. The Morgan fingerprint density at radius 3 is 2.67 bits per heavy atom. The van der Waals surface area contributed by atoms with E-state index in [-0.39, 0.29) is 11.6 Å². The molecule has 0 amide bonds. The van der Waals surface area contributed by atoms with Crippen LogP contribution in [0.25, 0.3) is 11.0 Å².